The molecule has 8 heteroatoms. The van der Waals surface area contributed by atoms with Gasteiger partial charge in [0.05, 0.1) is 12.2 Å². The number of aromatic nitrogens is 2. The van der Waals surface area contributed by atoms with E-state index in [0.717, 1.165) is 0 Å². The van der Waals surface area contributed by atoms with Gasteiger partial charge in [0.15, 0.2) is 0 Å². The predicted octanol–water partition coefficient (Wildman–Crippen LogP) is 0.391. The molecule has 8 nitrogen and oxygen atoms in total. The van der Waals surface area contributed by atoms with E-state index >= 15 is 0 Å². The van der Waals surface area contributed by atoms with Gasteiger partial charge in [0, 0.05) is 26.1 Å². The van der Waals surface area contributed by atoms with Crippen LogP contribution in [0.1, 0.15) is 31.4 Å². The molecule has 110 valence electrons. The lowest BCUT2D eigenvalue weighted by Gasteiger charge is -2.05. The first-order chi connectivity index (χ1) is 9.47. The summed E-state index contributed by atoms with van der Waals surface area (Å²) in [6.07, 6.45) is 2.76. The molecular formula is C12H18N4O4. The van der Waals surface area contributed by atoms with Crippen LogP contribution in [0.3, 0.4) is 0 Å². The molecule has 20 heavy (non-hydrogen) atoms. The lowest BCUT2D eigenvalue weighted by molar-refractivity contribution is -0.137. The van der Waals surface area contributed by atoms with Gasteiger partial charge < -0.3 is 10.4 Å². The minimum atomic E-state index is -0.890. The topological polar surface area (TPSA) is 113 Å². The van der Waals surface area contributed by atoms with Crippen molar-refractivity contribution in [2.45, 2.75) is 32.2 Å². The molecule has 0 aliphatic rings. The molecule has 0 aromatic carbocycles. The van der Waals surface area contributed by atoms with Gasteiger partial charge in [-0.25, -0.2) is 4.79 Å². The average Bonchev–Trinajstić information content (AvgIpc) is 2.78. The number of aliphatic carboxylic acids is 1. The monoisotopic (exact) mass is 282 g/mol. The number of rotatable bonds is 7. The van der Waals surface area contributed by atoms with Crippen molar-refractivity contribution < 1.29 is 19.5 Å². The van der Waals surface area contributed by atoms with Gasteiger partial charge in [0.25, 0.3) is 0 Å². The lowest BCUT2D eigenvalue weighted by Crippen LogP contribution is -2.39. The highest BCUT2D eigenvalue weighted by Crippen LogP contribution is 1.99. The average molecular weight is 282 g/mol. The first kappa shape index (κ1) is 15.7. The Hall–Kier alpha value is -2.38. The molecule has 3 N–H and O–H groups in total. The van der Waals surface area contributed by atoms with E-state index in [1.54, 1.807) is 24.0 Å². The number of nitrogens with zero attached hydrogens (tertiary/aromatic N) is 2. The fourth-order valence-corrected chi connectivity index (χ4v) is 1.52. The summed E-state index contributed by atoms with van der Waals surface area (Å²) in [5.41, 5.74) is 0.691. The summed E-state index contributed by atoms with van der Waals surface area (Å²) in [5.74, 6) is -1.31. The molecule has 3 amide bonds. The van der Waals surface area contributed by atoms with Gasteiger partial charge in [0.2, 0.25) is 5.91 Å². The Balaban J connectivity index is 2.14. The van der Waals surface area contributed by atoms with Gasteiger partial charge >= 0.3 is 12.0 Å². The van der Waals surface area contributed by atoms with Gasteiger partial charge in [-0.2, -0.15) is 5.10 Å². The van der Waals surface area contributed by atoms with Crippen molar-refractivity contribution in [1.82, 2.24) is 20.4 Å². The number of carbonyl (C=O) groups excluding carboxylic acids is 2. The van der Waals surface area contributed by atoms with Crippen molar-refractivity contribution in [1.29, 1.82) is 0 Å². The number of amides is 3. The van der Waals surface area contributed by atoms with Crippen molar-refractivity contribution in [3.05, 3.63) is 18.0 Å². The summed E-state index contributed by atoms with van der Waals surface area (Å²) in [4.78, 5) is 33.0. The van der Waals surface area contributed by atoms with E-state index in [9.17, 15) is 14.4 Å². The molecule has 0 saturated carbocycles. The maximum absolute atomic E-state index is 11.4. The molecule has 0 atom stereocenters. The fourth-order valence-electron chi connectivity index (χ4n) is 1.52. The third-order valence-electron chi connectivity index (χ3n) is 2.50. The van der Waals surface area contributed by atoms with Gasteiger partial charge in [-0.05, 0) is 18.9 Å². The summed E-state index contributed by atoms with van der Waals surface area (Å²) < 4.78 is 1.61. The highest BCUT2D eigenvalue weighted by molar-refractivity contribution is 5.94. The van der Waals surface area contributed by atoms with Crippen LogP contribution in [0.4, 0.5) is 4.79 Å². The second-order valence-electron chi connectivity index (χ2n) is 4.31. The second kappa shape index (κ2) is 7.93. The quantitative estimate of drug-likeness (QED) is 0.626. The molecule has 0 aliphatic heterocycles. The lowest BCUT2D eigenvalue weighted by atomic mass is 10.2. The second-order valence-corrected chi connectivity index (χ2v) is 4.31. The number of urea groups is 1. The number of carbonyl (C=O) groups is 3. The Morgan fingerprint density at radius 3 is 2.60 bits per heavy atom. The molecule has 0 bridgehead atoms. The summed E-state index contributed by atoms with van der Waals surface area (Å²) in [7, 11) is 1.77. The number of nitrogens with one attached hydrogen (secondary N) is 2. The van der Waals surface area contributed by atoms with E-state index in [1.807, 2.05) is 0 Å². The first-order valence-corrected chi connectivity index (χ1v) is 6.25. The fraction of sp³-hybridized carbons (Fsp3) is 0.500. The Bertz CT molecular complexity index is 484. The zero-order valence-electron chi connectivity index (χ0n) is 11.3. The number of hydrogen-bond acceptors (Lipinski definition) is 4. The molecule has 1 aromatic rings. The summed E-state index contributed by atoms with van der Waals surface area (Å²) in [5, 5.41) is 17.2. The minimum Gasteiger partial charge on any atom is -0.481 e. The third-order valence-corrected chi connectivity index (χ3v) is 2.50. The normalized spacial score (nSPS) is 10.1. The summed E-state index contributed by atoms with van der Waals surface area (Å²) >= 11 is 0. The molecule has 0 fully saturated rings. The zero-order valence-corrected chi connectivity index (χ0v) is 11.3. The van der Waals surface area contributed by atoms with Gasteiger partial charge in [0.1, 0.15) is 0 Å². The molecule has 0 aliphatic carbocycles. The van der Waals surface area contributed by atoms with Crippen LogP contribution >= 0.6 is 0 Å². The van der Waals surface area contributed by atoms with Gasteiger partial charge in [-0.15, -0.1) is 0 Å². The molecule has 0 unspecified atom stereocenters. The maximum Gasteiger partial charge on any atom is 0.321 e. The maximum atomic E-state index is 11.4. The number of carboxylic acids is 1. The minimum absolute atomic E-state index is 0.0269. The highest BCUT2D eigenvalue weighted by atomic mass is 16.4. The number of aryl methyl sites for hydroxylation is 1. The van der Waals surface area contributed by atoms with E-state index < -0.39 is 17.9 Å². The van der Waals surface area contributed by atoms with Crippen LogP contribution in [0.2, 0.25) is 0 Å². The van der Waals surface area contributed by atoms with E-state index in [2.05, 4.69) is 15.7 Å². The molecule has 1 heterocycles. The summed E-state index contributed by atoms with van der Waals surface area (Å²) in [6.45, 7) is 0.235. The Morgan fingerprint density at radius 2 is 2.00 bits per heavy atom. The van der Waals surface area contributed by atoms with Crippen molar-refractivity contribution in [2.75, 3.05) is 0 Å². The Labute approximate surface area is 116 Å². The molecule has 0 spiro atoms. The smallest absolute Gasteiger partial charge is 0.321 e. The first-order valence-electron chi connectivity index (χ1n) is 6.25. The molecule has 0 radical (unpaired) electrons. The molecular weight excluding hydrogens is 264 g/mol. The van der Waals surface area contributed by atoms with E-state index in [1.165, 1.54) is 0 Å². The van der Waals surface area contributed by atoms with E-state index in [0.29, 0.717) is 18.5 Å². The largest absolute Gasteiger partial charge is 0.481 e. The predicted molar refractivity (Wildman–Crippen MR) is 69.7 cm³/mol. The third kappa shape index (κ3) is 6.53. The van der Waals surface area contributed by atoms with E-state index in [-0.39, 0.29) is 19.4 Å². The van der Waals surface area contributed by atoms with Crippen LogP contribution in [0.5, 0.6) is 0 Å². The number of hydrogen-bond donors (Lipinski definition) is 3. The molecule has 1 aromatic heterocycles. The Kier molecular flexibility index (Phi) is 6.21. The Morgan fingerprint density at radius 1 is 1.30 bits per heavy atom. The van der Waals surface area contributed by atoms with Crippen LogP contribution in [0.15, 0.2) is 12.3 Å². The number of unbranched alkanes of at least 4 members (excludes halogenated alkanes) is 1. The van der Waals surface area contributed by atoms with Crippen LogP contribution in [0.25, 0.3) is 0 Å². The van der Waals surface area contributed by atoms with E-state index in [4.69, 9.17) is 5.11 Å². The van der Waals surface area contributed by atoms with Crippen molar-refractivity contribution in [3.8, 4) is 0 Å². The van der Waals surface area contributed by atoms with Crippen molar-refractivity contribution in [2.24, 2.45) is 7.05 Å². The number of imide groups is 1. The number of carboxylic acid groups (broad SMARTS) is 1. The van der Waals surface area contributed by atoms with Gasteiger partial charge in [-0.3, -0.25) is 19.6 Å². The molecule has 1 rings (SSSR count). The summed E-state index contributed by atoms with van der Waals surface area (Å²) in [6, 6.07) is 1.17. The van der Waals surface area contributed by atoms with Crippen LogP contribution < -0.4 is 10.6 Å². The van der Waals surface area contributed by atoms with Crippen LogP contribution in [-0.4, -0.2) is 32.8 Å². The van der Waals surface area contributed by atoms with Crippen LogP contribution in [-0.2, 0) is 23.2 Å². The SMILES string of the molecule is Cn1ccc(CNC(=O)NC(=O)CCCCC(=O)O)n1. The van der Waals surface area contributed by atoms with Gasteiger partial charge in [-0.1, -0.05) is 0 Å². The van der Waals surface area contributed by atoms with Crippen LogP contribution in [0, 0.1) is 0 Å². The standard InChI is InChI=1S/C12H18N4O4/c1-16-7-6-9(15-16)8-13-12(20)14-10(17)4-2-3-5-11(18)19/h6-7H,2-5,8H2,1H3,(H,18,19)(H2,13,14,17,20). The van der Waals surface area contributed by atoms with Crippen molar-refractivity contribution >= 4 is 17.9 Å². The highest BCUT2D eigenvalue weighted by Gasteiger charge is 2.08. The zero-order chi connectivity index (χ0) is 15.0. The molecule has 0 saturated heterocycles. The van der Waals surface area contributed by atoms with Crippen molar-refractivity contribution in [3.63, 3.8) is 0 Å².